The fourth-order valence-corrected chi connectivity index (χ4v) is 10.1. The molecule has 436 valence electrons. The number of rotatable bonds is 62. The topological polar surface area (TPSA) is 78.9 Å². The van der Waals surface area contributed by atoms with Crippen molar-refractivity contribution in [1.82, 2.24) is 0 Å². The largest absolute Gasteiger partial charge is 0.462 e. The second-order valence-corrected chi connectivity index (χ2v) is 22.7. The number of allylic oxidation sites excluding steroid dienone is 4. The van der Waals surface area contributed by atoms with Crippen LogP contribution in [0.4, 0.5) is 0 Å². The van der Waals surface area contributed by atoms with Crippen LogP contribution in [0.25, 0.3) is 0 Å². The van der Waals surface area contributed by atoms with E-state index in [2.05, 4.69) is 45.1 Å². The van der Waals surface area contributed by atoms with Gasteiger partial charge in [0.2, 0.25) is 0 Å². The molecule has 0 fully saturated rings. The fraction of sp³-hybridized carbons (Fsp3) is 0.897. The molecule has 0 rings (SSSR count). The third-order valence-electron chi connectivity index (χ3n) is 15.2. The van der Waals surface area contributed by atoms with E-state index >= 15 is 0 Å². The van der Waals surface area contributed by atoms with Gasteiger partial charge in [0.15, 0.2) is 6.10 Å². The number of unbranched alkanes of at least 4 members (excludes halogenated alkanes) is 47. The van der Waals surface area contributed by atoms with Crippen LogP contribution in [-0.4, -0.2) is 37.2 Å². The maximum atomic E-state index is 12.9. The Balaban J connectivity index is 4.23. The van der Waals surface area contributed by atoms with Gasteiger partial charge in [0.1, 0.15) is 13.2 Å². The molecule has 0 aromatic heterocycles. The summed E-state index contributed by atoms with van der Waals surface area (Å²) in [7, 11) is 0. The van der Waals surface area contributed by atoms with Crippen LogP contribution in [0.3, 0.4) is 0 Å². The van der Waals surface area contributed by atoms with Crippen molar-refractivity contribution in [2.45, 2.75) is 380 Å². The Labute approximate surface area is 462 Å². The van der Waals surface area contributed by atoms with Crippen molar-refractivity contribution >= 4 is 17.9 Å². The van der Waals surface area contributed by atoms with Crippen molar-refractivity contribution in [3.63, 3.8) is 0 Å². The molecule has 0 N–H and O–H groups in total. The Morgan fingerprint density at radius 1 is 0.257 bits per heavy atom. The van der Waals surface area contributed by atoms with Crippen molar-refractivity contribution in [3.8, 4) is 0 Å². The Morgan fingerprint density at radius 3 is 0.689 bits per heavy atom. The van der Waals surface area contributed by atoms with Gasteiger partial charge in [0, 0.05) is 19.3 Å². The van der Waals surface area contributed by atoms with Gasteiger partial charge in [-0.3, -0.25) is 14.4 Å². The fourth-order valence-electron chi connectivity index (χ4n) is 10.1. The highest BCUT2D eigenvalue weighted by atomic mass is 16.6. The summed E-state index contributed by atoms with van der Waals surface area (Å²) in [6, 6.07) is 0. The van der Waals surface area contributed by atoms with Gasteiger partial charge >= 0.3 is 17.9 Å². The first-order chi connectivity index (χ1) is 36.5. The summed E-state index contributed by atoms with van der Waals surface area (Å²) < 4.78 is 16.9. The standard InChI is InChI=1S/C68H128O6/c1-4-7-10-13-16-19-22-25-27-29-31-32-33-34-35-36-37-39-40-43-46-49-52-55-58-61-67(70)73-64-65(63-72-66(69)60-57-54-51-48-45-42-24-21-18-15-12-9-6-3)74-68(71)62-59-56-53-50-47-44-41-38-30-28-26-23-20-17-14-11-8-5-2/h21,24,28,30,65H,4-20,22-23,25-27,29,31-64H2,1-3H3/b24-21-,30-28-. The van der Waals surface area contributed by atoms with Gasteiger partial charge in [-0.15, -0.1) is 0 Å². The lowest BCUT2D eigenvalue weighted by molar-refractivity contribution is -0.167. The SMILES string of the molecule is CCCCCC/C=C\CCCCCCCC(=O)OCC(COC(=O)CCCCCCCCCCCCCCCCCCCCCCCCCCC)OC(=O)CCCCCCCCC/C=C\CCCCCCCCC. The molecule has 0 heterocycles. The molecular weight excluding hydrogens is 913 g/mol. The Kier molecular flexibility index (Phi) is 61.6. The van der Waals surface area contributed by atoms with Gasteiger partial charge in [0.05, 0.1) is 0 Å². The van der Waals surface area contributed by atoms with Gasteiger partial charge in [-0.05, 0) is 70.6 Å². The average molecular weight is 1040 g/mol. The molecule has 0 spiro atoms. The monoisotopic (exact) mass is 1040 g/mol. The smallest absolute Gasteiger partial charge is 0.306 e. The van der Waals surface area contributed by atoms with Gasteiger partial charge in [0.25, 0.3) is 0 Å². The van der Waals surface area contributed by atoms with Gasteiger partial charge < -0.3 is 14.2 Å². The summed E-state index contributed by atoms with van der Waals surface area (Å²) in [5.74, 6) is -0.858. The summed E-state index contributed by atoms with van der Waals surface area (Å²) in [5.41, 5.74) is 0. The van der Waals surface area contributed by atoms with E-state index < -0.39 is 6.10 Å². The lowest BCUT2D eigenvalue weighted by atomic mass is 10.0. The summed E-state index contributed by atoms with van der Waals surface area (Å²) in [6.07, 6.45) is 76.3. The summed E-state index contributed by atoms with van der Waals surface area (Å²) in [4.78, 5) is 38.3. The first-order valence-electron chi connectivity index (χ1n) is 33.3. The van der Waals surface area contributed by atoms with E-state index in [4.69, 9.17) is 14.2 Å². The molecule has 0 aliphatic rings. The Morgan fingerprint density at radius 2 is 0.446 bits per heavy atom. The highest BCUT2D eigenvalue weighted by Gasteiger charge is 2.19. The molecule has 74 heavy (non-hydrogen) atoms. The molecule has 1 unspecified atom stereocenters. The maximum Gasteiger partial charge on any atom is 0.306 e. The van der Waals surface area contributed by atoms with Crippen LogP contribution >= 0.6 is 0 Å². The molecule has 6 nitrogen and oxygen atoms in total. The molecule has 0 bridgehead atoms. The molecule has 1 atom stereocenters. The third-order valence-corrected chi connectivity index (χ3v) is 15.2. The maximum absolute atomic E-state index is 12.9. The van der Waals surface area contributed by atoms with Crippen molar-refractivity contribution < 1.29 is 28.6 Å². The summed E-state index contributed by atoms with van der Waals surface area (Å²) >= 11 is 0. The summed E-state index contributed by atoms with van der Waals surface area (Å²) in [6.45, 7) is 6.68. The third kappa shape index (κ3) is 60.8. The van der Waals surface area contributed by atoms with Crippen molar-refractivity contribution in [2.24, 2.45) is 0 Å². The lowest BCUT2D eigenvalue weighted by Gasteiger charge is -2.18. The first kappa shape index (κ1) is 71.9. The van der Waals surface area contributed by atoms with Crippen molar-refractivity contribution in [2.75, 3.05) is 13.2 Å². The molecule has 0 radical (unpaired) electrons. The molecule has 0 saturated carbocycles. The van der Waals surface area contributed by atoms with Crippen LogP contribution < -0.4 is 0 Å². The van der Waals surface area contributed by atoms with E-state index in [1.165, 1.54) is 270 Å². The molecule has 0 aliphatic heterocycles. The Bertz CT molecular complexity index is 1190. The van der Waals surface area contributed by atoms with E-state index in [-0.39, 0.29) is 31.1 Å². The minimum Gasteiger partial charge on any atom is -0.462 e. The van der Waals surface area contributed by atoms with E-state index in [9.17, 15) is 14.4 Å². The molecule has 0 aromatic rings. The Hall–Kier alpha value is -2.11. The lowest BCUT2D eigenvalue weighted by Crippen LogP contribution is -2.30. The van der Waals surface area contributed by atoms with Crippen LogP contribution in [0.2, 0.25) is 0 Å². The predicted octanol–water partition coefficient (Wildman–Crippen LogP) is 22.6. The van der Waals surface area contributed by atoms with Crippen molar-refractivity contribution in [1.29, 1.82) is 0 Å². The molecule has 6 heteroatoms. The molecule has 0 amide bonds. The highest BCUT2D eigenvalue weighted by molar-refractivity contribution is 5.71. The van der Waals surface area contributed by atoms with Crippen LogP contribution in [0.15, 0.2) is 24.3 Å². The van der Waals surface area contributed by atoms with E-state index in [1.807, 2.05) is 0 Å². The molecule has 0 aliphatic carbocycles. The molecule has 0 saturated heterocycles. The van der Waals surface area contributed by atoms with E-state index in [0.29, 0.717) is 19.3 Å². The second-order valence-electron chi connectivity index (χ2n) is 22.7. The summed E-state index contributed by atoms with van der Waals surface area (Å²) in [5, 5.41) is 0. The molecule has 0 aromatic carbocycles. The number of ether oxygens (including phenoxy) is 3. The molecular formula is C68H128O6. The number of carbonyl (C=O) groups is 3. The quantitative estimate of drug-likeness (QED) is 0.0261. The zero-order valence-corrected chi connectivity index (χ0v) is 50.1. The minimum absolute atomic E-state index is 0.0706. The van der Waals surface area contributed by atoms with Crippen LogP contribution in [0.5, 0.6) is 0 Å². The average Bonchev–Trinajstić information content (AvgIpc) is 3.40. The predicted molar refractivity (Wildman–Crippen MR) is 321 cm³/mol. The zero-order valence-electron chi connectivity index (χ0n) is 50.1. The minimum atomic E-state index is -0.774. The van der Waals surface area contributed by atoms with Crippen LogP contribution in [0.1, 0.15) is 374 Å². The number of carbonyl (C=O) groups excluding carboxylic acids is 3. The number of hydrogen-bond donors (Lipinski definition) is 0. The van der Waals surface area contributed by atoms with Crippen LogP contribution in [0, 0.1) is 0 Å². The number of hydrogen-bond acceptors (Lipinski definition) is 6. The number of esters is 3. The first-order valence-corrected chi connectivity index (χ1v) is 33.3. The zero-order chi connectivity index (χ0) is 53.6. The normalized spacial score (nSPS) is 12.1. The highest BCUT2D eigenvalue weighted by Crippen LogP contribution is 2.18. The van der Waals surface area contributed by atoms with Crippen molar-refractivity contribution in [3.05, 3.63) is 24.3 Å². The van der Waals surface area contributed by atoms with E-state index in [0.717, 1.165) is 64.2 Å². The van der Waals surface area contributed by atoms with Gasteiger partial charge in [-0.2, -0.15) is 0 Å². The van der Waals surface area contributed by atoms with Gasteiger partial charge in [-0.25, -0.2) is 0 Å². The van der Waals surface area contributed by atoms with Gasteiger partial charge in [-0.1, -0.05) is 308 Å². The van der Waals surface area contributed by atoms with Crippen LogP contribution in [-0.2, 0) is 28.6 Å². The second kappa shape index (κ2) is 63.4. The van der Waals surface area contributed by atoms with E-state index in [1.54, 1.807) is 0 Å².